The molecule has 0 bridgehead atoms. The minimum absolute atomic E-state index is 0.123. The molecule has 1 atom stereocenters. The van der Waals surface area contributed by atoms with Crippen LogP contribution in [0.5, 0.6) is 17.2 Å². The lowest BCUT2D eigenvalue weighted by atomic mass is 10.0. The Hall–Kier alpha value is -4.69. The van der Waals surface area contributed by atoms with E-state index in [1.807, 2.05) is 20.2 Å². The van der Waals surface area contributed by atoms with Crippen molar-refractivity contribution in [2.75, 3.05) is 19.0 Å². The van der Waals surface area contributed by atoms with Gasteiger partial charge in [0, 0.05) is 30.9 Å². The molecule has 4 N–H and O–H groups in total. The molecule has 0 saturated carbocycles. The molecule has 0 aliphatic carbocycles. The molecule has 0 aliphatic rings. The number of rotatable bonds is 6. The van der Waals surface area contributed by atoms with Crippen LogP contribution in [0.25, 0.3) is 21.9 Å². The topological polar surface area (TPSA) is 176 Å². The molecule has 166 valence electrons. The summed E-state index contributed by atoms with van der Waals surface area (Å²) in [5, 5.41) is 29.3. The number of hydrogen-bond acceptors (Lipinski definition) is 10. The average molecular weight is 447 g/mol. The molecule has 0 aliphatic heterocycles. The number of nitriles is 1. The second-order valence-corrected chi connectivity index (χ2v) is 7.28. The normalized spacial score (nSPS) is 11.8. The zero-order valence-electron chi connectivity index (χ0n) is 17.4. The van der Waals surface area contributed by atoms with E-state index in [9.17, 15) is 20.0 Å². The summed E-state index contributed by atoms with van der Waals surface area (Å²) in [6.07, 6.45) is 0. The van der Waals surface area contributed by atoms with Gasteiger partial charge in [-0.25, -0.2) is 4.98 Å². The molecule has 11 heteroatoms. The highest BCUT2D eigenvalue weighted by atomic mass is 16.5. The van der Waals surface area contributed by atoms with Crippen LogP contribution in [0.3, 0.4) is 0 Å². The highest BCUT2D eigenvalue weighted by Crippen LogP contribution is 2.35. The smallest absolute Gasteiger partial charge is 0.328 e. The number of fused-ring (bicyclic) bond motifs is 2. The van der Waals surface area contributed by atoms with Crippen LogP contribution >= 0.6 is 0 Å². The summed E-state index contributed by atoms with van der Waals surface area (Å²) in [5.41, 5.74) is 5.74. The summed E-state index contributed by atoms with van der Waals surface area (Å²) in [6, 6.07) is 9.89. The molecule has 0 saturated heterocycles. The zero-order valence-corrected chi connectivity index (χ0v) is 17.4. The fourth-order valence-corrected chi connectivity index (χ4v) is 3.14. The maximum atomic E-state index is 12.3. The van der Waals surface area contributed by atoms with Gasteiger partial charge in [0.2, 0.25) is 5.78 Å². The van der Waals surface area contributed by atoms with Gasteiger partial charge in [0.1, 0.15) is 28.8 Å². The Kier molecular flexibility index (Phi) is 5.29. The van der Waals surface area contributed by atoms with Crippen LogP contribution in [0.4, 0.5) is 6.01 Å². The fraction of sp³-hybridized carbons (Fsp3) is 0.136. The predicted octanol–water partition coefficient (Wildman–Crippen LogP) is 2.41. The van der Waals surface area contributed by atoms with Crippen LogP contribution in [0.1, 0.15) is 16.2 Å². The van der Waals surface area contributed by atoms with E-state index in [0.29, 0.717) is 28.6 Å². The Labute approximate surface area is 186 Å². The van der Waals surface area contributed by atoms with Crippen molar-refractivity contribution >= 4 is 39.6 Å². The van der Waals surface area contributed by atoms with Gasteiger partial charge in [-0.3, -0.25) is 9.59 Å². The molecule has 2 aromatic carbocycles. The lowest BCUT2D eigenvalue weighted by Crippen LogP contribution is -2.39. The summed E-state index contributed by atoms with van der Waals surface area (Å²) in [7, 11) is 3.61. The molecular formula is C22H17N5O6. The third-order valence-electron chi connectivity index (χ3n) is 4.80. The number of Topliss-reactive ketones (excluding diaryl/α,β-unsaturated/α-hetero) is 1. The standard InChI is InChI=1S/C22H17N5O6/c1-27(2)22-26-14-8-11(4-6-16(14)33-22)32-10-3-5-12-13(7-10)15(9-23)25-18(19(12)28)20(29)17(24)21(30)31/h3-8,17,28H,24H2,1-2H3,(H,30,31). The number of anilines is 1. The molecule has 0 fully saturated rings. The third-order valence-corrected chi connectivity index (χ3v) is 4.80. The molecule has 2 heterocycles. The number of nitrogens with zero attached hydrogens (tertiary/aromatic N) is 4. The van der Waals surface area contributed by atoms with Crippen LogP contribution in [-0.4, -0.2) is 52.1 Å². The van der Waals surface area contributed by atoms with Crippen molar-refractivity contribution in [1.29, 1.82) is 5.26 Å². The van der Waals surface area contributed by atoms with E-state index in [1.165, 1.54) is 18.2 Å². The number of oxazole rings is 1. The van der Waals surface area contributed by atoms with Crippen molar-refractivity contribution in [2.24, 2.45) is 5.73 Å². The van der Waals surface area contributed by atoms with Crippen LogP contribution in [0.15, 0.2) is 40.8 Å². The van der Waals surface area contributed by atoms with Crippen molar-refractivity contribution in [1.82, 2.24) is 9.97 Å². The highest BCUT2D eigenvalue weighted by Gasteiger charge is 2.28. The first-order valence-corrected chi connectivity index (χ1v) is 9.54. The Morgan fingerprint density at radius 2 is 1.85 bits per heavy atom. The summed E-state index contributed by atoms with van der Waals surface area (Å²) in [6.45, 7) is 0. The summed E-state index contributed by atoms with van der Waals surface area (Å²) in [4.78, 5) is 33.3. The first kappa shape index (κ1) is 21.5. The molecule has 0 spiro atoms. The molecule has 4 aromatic rings. The molecule has 33 heavy (non-hydrogen) atoms. The number of ketones is 1. The third kappa shape index (κ3) is 3.86. The van der Waals surface area contributed by atoms with E-state index >= 15 is 0 Å². The van der Waals surface area contributed by atoms with Crippen LogP contribution in [0, 0.1) is 11.3 Å². The number of carboxylic acids is 1. The lowest BCUT2D eigenvalue weighted by molar-refractivity contribution is -0.137. The zero-order chi connectivity index (χ0) is 23.9. The average Bonchev–Trinajstić information content (AvgIpc) is 3.22. The van der Waals surface area contributed by atoms with E-state index in [-0.39, 0.29) is 16.5 Å². The molecular weight excluding hydrogens is 430 g/mol. The second-order valence-electron chi connectivity index (χ2n) is 7.28. The molecule has 11 nitrogen and oxygen atoms in total. The summed E-state index contributed by atoms with van der Waals surface area (Å²) >= 11 is 0. The van der Waals surface area contributed by atoms with Crippen molar-refractivity contribution in [3.63, 3.8) is 0 Å². The van der Waals surface area contributed by atoms with Crippen molar-refractivity contribution in [3.05, 3.63) is 47.8 Å². The Bertz CT molecular complexity index is 1470. The van der Waals surface area contributed by atoms with Gasteiger partial charge in [-0.05, 0) is 30.3 Å². The lowest BCUT2D eigenvalue weighted by Gasteiger charge is -2.12. The van der Waals surface area contributed by atoms with Gasteiger partial charge in [-0.15, -0.1) is 0 Å². The number of aromatic nitrogens is 2. The largest absolute Gasteiger partial charge is 0.505 e. The van der Waals surface area contributed by atoms with Crippen LogP contribution < -0.4 is 15.4 Å². The van der Waals surface area contributed by atoms with E-state index < -0.39 is 29.2 Å². The molecule has 2 aromatic heterocycles. The van der Waals surface area contributed by atoms with E-state index in [2.05, 4.69) is 9.97 Å². The van der Waals surface area contributed by atoms with Crippen LogP contribution in [0.2, 0.25) is 0 Å². The number of carbonyl (C=O) groups excluding carboxylic acids is 1. The summed E-state index contributed by atoms with van der Waals surface area (Å²) < 4.78 is 11.5. The Morgan fingerprint density at radius 3 is 2.52 bits per heavy atom. The van der Waals surface area contributed by atoms with E-state index in [1.54, 1.807) is 23.1 Å². The van der Waals surface area contributed by atoms with Gasteiger partial charge in [0.05, 0.1) is 0 Å². The van der Waals surface area contributed by atoms with Crippen molar-refractivity contribution in [2.45, 2.75) is 6.04 Å². The van der Waals surface area contributed by atoms with Crippen molar-refractivity contribution < 1.29 is 29.0 Å². The van der Waals surface area contributed by atoms with Gasteiger partial charge in [-0.2, -0.15) is 10.2 Å². The number of aromatic hydroxyl groups is 1. The van der Waals surface area contributed by atoms with E-state index in [4.69, 9.17) is 20.0 Å². The monoisotopic (exact) mass is 447 g/mol. The molecule has 4 rings (SSSR count). The second kappa shape index (κ2) is 8.10. The SMILES string of the molecule is CN(C)c1nc2cc(Oc3ccc4c(O)c(C(=O)C(N)C(=O)O)nc(C#N)c4c3)ccc2o1. The molecule has 0 radical (unpaired) electrons. The Morgan fingerprint density at radius 1 is 1.15 bits per heavy atom. The number of aliphatic carboxylic acids is 1. The highest BCUT2D eigenvalue weighted by molar-refractivity contribution is 6.14. The number of hydrogen-bond donors (Lipinski definition) is 3. The van der Waals surface area contributed by atoms with Gasteiger partial charge in [0.15, 0.2) is 23.1 Å². The first-order valence-electron chi connectivity index (χ1n) is 9.54. The summed E-state index contributed by atoms with van der Waals surface area (Å²) in [5.74, 6) is -2.48. The Balaban J connectivity index is 1.73. The minimum atomic E-state index is -1.92. The minimum Gasteiger partial charge on any atom is -0.505 e. The fourth-order valence-electron chi connectivity index (χ4n) is 3.14. The number of carbonyl (C=O) groups is 2. The van der Waals surface area contributed by atoms with E-state index in [0.717, 1.165) is 0 Å². The van der Waals surface area contributed by atoms with Gasteiger partial charge in [-0.1, -0.05) is 0 Å². The van der Waals surface area contributed by atoms with Crippen LogP contribution in [-0.2, 0) is 4.79 Å². The maximum absolute atomic E-state index is 12.3. The predicted molar refractivity (Wildman–Crippen MR) is 116 cm³/mol. The number of benzene rings is 2. The number of carboxylic acid groups (broad SMARTS) is 1. The van der Waals surface area contributed by atoms with Gasteiger partial charge >= 0.3 is 5.97 Å². The molecule has 1 unspecified atom stereocenters. The maximum Gasteiger partial charge on any atom is 0.328 e. The van der Waals surface area contributed by atoms with Gasteiger partial charge in [0.25, 0.3) is 6.01 Å². The first-order chi connectivity index (χ1) is 15.7. The van der Waals surface area contributed by atoms with Crippen molar-refractivity contribution in [3.8, 4) is 23.3 Å². The van der Waals surface area contributed by atoms with Gasteiger partial charge < -0.3 is 30.0 Å². The number of ether oxygens (including phenoxy) is 1. The number of pyridine rings is 1. The number of nitrogens with two attached hydrogens (primary N) is 1. The quantitative estimate of drug-likeness (QED) is 0.292. The molecule has 0 amide bonds.